The number of ether oxygens (including phenoxy) is 3. The van der Waals surface area contributed by atoms with Gasteiger partial charge in [-0.3, -0.25) is 4.90 Å². The molecule has 0 spiro atoms. The Labute approximate surface area is 193 Å². The number of aliphatic hydroxyl groups excluding tert-OH is 1. The van der Waals surface area contributed by atoms with Crippen LogP contribution in [-0.4, -0.2) is 60.5 Å². The summed E-state index contributed by atoms with van der Waals surface area (Å²) in [5.41, 5.74) is 2.83. The molecule has 0 radical (unpaired) electrons. The zero-order valence-corrected chi connectivity index (χ0v) is 19.1. The van der Waals surface area contributed by atoms with Gasteiger partial charge < -0.3 is 24.2 Å². The predicted molar refractivity (Wildman–Crippen MR) is 122 cm³/mol. The number of hydrogen-bond acceptors (Lipinski definition) is 7. The Morgan fingerprint density at radius 1 is 1.19 bits per heavy atom. The molecule has 2 aromatic carbocycles. The van der Waals surface area contributed by atoms with Gasteiger partial charge in [0.15, 0.2) is 11.5 Å². The SMILES string of the molecule is CC(C)OC[C@@H](O)CN(Cc1ccccc1Cl)C[C@H]1CC(c2ccc3c(c2)OCO3)=NO1. The van der Waals surface area contributed by atoms with Crippen LogP contribution in [0.4, 0.5) is 0 Å². The van der Waals surface area contributed by atoms with Gasteiger partial charge in [-0.2, -0.15) is 0 Å². The molecule has 2 atom stereocenters. The number of aliphatic hydroxyl groups is 1. The van der Waals surface area contributed by atoms with Gasteiger partial charge in [0.05, 0.1) is 24.5 Å². The van der Waals surface area contributed by atoms with E-state index in [0.717, 1.165) is 28.3 Å². The van der Waals surface area contributed by atoms with Crippen molar-refractivity contribution in [3.05, 3.63) is 58.6 Å². The lowest BCUT2D eigenvalue weighted by molar-refractivity contribution is -0.0194. The molecule has 1 N–H and O–H groups in total. The average molecular weight is 461 g/mol. The van der Waals surface area contributed by atoms with E-state index in [-0.39, 0.29) is 25.6 Å². The number of hydrogen-bond donors (Lipinski definition) is 1. The highest BCUT2D eigenvalue weighted by Crippen LogP contribution is 2.33. The number of oxime groups is 1. The van der Waals surface area contributed by atoms with E-state index in [0.29, 0.717) is 31.1 Å². The van der Waals surface area contributed by atoms with Crippen molar-refractivity contribution in [2.45, 2.75) is 45.1 Å². The highest BCUT2D eigenvalue weighted by Gasteiger charge is 2.27. The van der Waals surface area contributed by atoms with Crippen molar-refractivity contribution >= 4 is 17.3 Å². The highest BCUT2D eigenvalue weighted by molar-refractivity contribution is 6.31. The van der Waals surface area contributed by atoms with E-state index in [1.54, 1.807) is 0 Å². The second-order valence-corrected chi connectivity index (χ2v) is 8.77. The van der Waals surface area contributed by atoms with Gasteiger partial charge in [0, 0.05) is 36.6 Å². The van der Waals surface area contributed by atoms with Crippen LogP contribution < -0.4 is 9.47 Å². The first-order valence-electron chi connectivity index (χ1n) is 10.9. The van der Waals surface area contributed by atoms with Crippen LogP contribution in [0.5, 0.6) is 11.5 Å². The van der Waals surface area contributed by atoms with Crippen LogP contribution in [0.1, 0.15) is 31.4 Å². The molecule has 0 bridgehead atoms. The molecule has 0 saturated heterocycles. The number of benzene rings is 2. The molecule has 0 aliphatic carbocycles. The summed E-state index contributed by atoms with van der Waals surface area (Å²) in [4.78, 5) is 7.88. The smallest absolute Gasteiger partial charge is 0.231 e. The summed E-state index contributed by atoms with van der Waals surface area (Å²) in [7, 11) is 0. The second kappa shape index (κ2) is 10.5. The fraction of sp³-hybridized carbons (Fsp3) is 0.458. The zero-order chi connectivity index (χ0) is 22.5. The van der Waals surface area contributed by atoms with Crippen LogP contribution in [0.2, 0.25) is 5.02 Å². The highest BCUT2D eigenvalue weighted by atomic mass is 35.5. The molecule has 2 aliphatic heterocycles. The average Bonchev–Trinajstić information content (AvgIpc) is 3.42. The predicted octanol–water partition coefficient (Wildman–Crippen LogP) is 3.85. The molecule has 0 saturated carbocycles. The molecular weight excluding hydrogens is 432 g/mol. The quantitative estimate of drug-likeness (QED) is 0.580. The molecule has 0 amide bonds. The number of halogens is 1. The molecular formula is C24H29ClN2O5. The van der Waals surface area contributed by atoms with Crippen LogP contribution in [-0.2, 0) is 16.1 Å². The first-order chi connectivity index (χ1) is 15.5. The zero-order valence-electron chi connectivity index (χ0n) is 18.4. The van der Waals surface area contributed by atoms with Crippen molar-refractivity contribution in [3.63, 3.8) is 0 Å². The second-order valence-electron chi connectivity index (χ2n) is 8.36. The minimum absolute atomic E-state index is 0.0671. The van der Waals surface area contributed by atoms with E-state index in [2.05, 4.69) is 10.1 Å². The van der Waals surface area contributed by atoms with Gasteiger partial charge in [-0.25, -0.2) is 0 Å². The van der Waals surface area contributed by atoms with Gasteiger partial charge in [0.1, 0.15) is 6.10 Å². The van der Waals surface area contributed by atoms with Crippen LogP contribution in [0, 0.1) is 0 Å². The van der Waals surface area contributed by atoms with Gasteiger partial charge in [-0.1, -0.05) is 35.0 Å². The molecule has 2 heterocycles. The third-order valence-corrected chi connectivity index (χ3v) is 5.71. The Morgan fingerprint density at radius 2 is 2.00 bits per heavy atom. The van der Waals surface area contributed by atoms with Gasteiger partial charge in [-0.15, -0.1) is 0 Å². The minimum Gasteiger partial charge on any atom is -0.454 e. The van der Waals surface area contributed by atoms with Crippen LogP contribution in [0.3, 0.4) is 0 Å². The molecule has 0 fully saturated rings. The van der Waals surface area contributed by atoms with Crippen molar-refractivity contribution < 1.29 is 24.2 Å². The third-order valence-electron chi connectivity index (χ3n) is 5.34. The molecule has 0 unspecified atom stereocenters. The summed E-state index contributed by atoms with van der Waals surface area (Å²) < 4.78 is 16.4. The fourth-order valence-corrected chi connectivity index (χ4v) is 3.98. The monoisotopic (exact) mass is 460 g/mol. The lowest BCUT2D eigenvalue weighted by Crippen LogP contribution is -2.39. The molecule has 4 rings (SSSR count). The maximum atomic E-state index is 10.5. The van der Waals surface area contributed by atoms with Crippen molar-refractivity contribution in [1.29, 1.82) is 0 Å². The van der Waals surface area contributed by atoms with Crippen molar-refractivity contribution in [3.8, 4) is 11.5 Å². The molecule has 8 heteroatoms. The Bertz CT molecular complexity index is 952. The molecule has 2 aromatic rings. The Balaban J connectivity index is 1.39. The fourth-order valence-electron chi connectivity index (χ4n) is 3.79. The molecule has 7 nitrogen and oxygen atoms in total. The Morgan fingerprint density at radius 3 is 2.81 bits per heavy atom. The van der Waals surface area contributed by atoms with Gasteiger partial charge in [-0.05, 0) is 43.7 Å². The van der Waals surface area contributed by atoms with E-state index >= 15 is 0 Å². The van der Waals surface area contributed by atoms with Gasteiger partial charge in [0.2, 0.25) is 6.79 Å². The van der Waals surface area contributed by atoms with E-state index in [1.807, 2.05) is 56.3 Å². The van der Waals surface area contributed by atoms with E-state index in [9.17, 15) is 5.11 Å². The van der Waals surface area contributed by atoms with Crippen molar-refractivity contribution in [2.24, 2.45) is 5.16 Å². The van der Waals surface area contributed by atoms with Crippen LogP contribution in [0.15, 0.2) is 47.6 Å². The number of fused-ring (bicyclic) bond motifs is 1. The summed E-state index contributed by atoms with van der Waals surface area (Å²) in [6.45, 7) is 6.06. The molecule has 32 heavy (non-hydrogen) atoms. The Hall–Kier alpha value is -2.32. The molecule has 0 aromatic heterocycles. The maximum Gasteiger partial charge on any atom is 0.231 e. The van der Waals surface area contributed by atoms with Crippen molar-refractivity contribution in [1.82, 2.24) is 4.90 Å². The topological polar surface area (TPSA) is 72.8 Å². The normalized spacial score (nSPS) is 18.2. The van der Waals surface area contributed by atoms with E-state index < -0.39 is 6.10 Å². The summed E-state index contributed by atoms with van der Waals surface area (Å²) in [5, 5.41) is 15.5. The summed E-state index contributed by atoms with van der Waals surface area (Å²) in [6.07, 6.45) is -0.0128. The summed E-state index contributed by atoms with van der Waals surface area (Å²) in [5.74, 6) is 1.47. The Kier molecular flexibility index (Phi) is 7.52. The van der Waals surface area contributed by atoms with Crippen molar-refractivity contribution in [2.75, 3.05) is 26.5 Å². The number of rotatable bonds is 10. The van der Waals surface area contributed by atoms with E-state index in [4.69, 9.17) is 30.6 Å². The van der Waals surface area contributed by atoms with Crippen LogP contribution in [0.25, 0.3) is 0 Å². The first kappa shape index (κ1) is 22.9. The lowest BCUT2D eigenvalue weighted by atomic mass is 10.0. The van der Waals surface area contributed by atoms with E-state index in [1.165, 1.54) is 0 Å². The molecule has 2 aliphatic rings. The summed E-state index contributed by atoms with van der Waals surface area (Å²) >= 11 is 6.38. The van der Waals surface area contributed by atoms with Gasteiger partial charge in [0.25, 0.3) is 0 Å². The van der Waals surface area contributed by atoms with Gasteiger partial charge >= 0.3 is 0 Å². The first-order valence-corrected chi connectivity index (χ1v) is 11.2. The lowest BCUT2D eigenvalue weighted by Gasteiger charge is -2.27. The largest absolute Gasteiger partial charge is 0.454 e. The summed E-state index contributed by atoms with van der Waals surface area (Å²) in [6, 6.07) is 13.5. The number of nitrogens with zero attached hydrogens (tertiary/aromatic N) is 2. The third kappa shape index (κ3) is 5.92. The van der Waals surface area contributed by atoms with Crippen LogP contribution >= 0.6 is 11.6 Å². The standard InChI is InChI=1S/C24H29ClN2O5/c1-16(2)29-14-19(28)12-27(11-18-5-3-4-6-21(18)25)13-20-10-22(26-32-20)17-7-8-23-24(9-17)31-15-30-23/h3-9,16,19-20,28H,10-15H2,1-2H3/t19-,20+/m0/s1. The minimum atomic E-state index is -0.615. The molecule has 172 valence electrons. The maximum absolute atomic E-state index is 10.5.